The van der Waals surface area contributed by atoms with Crippen LogP contribution in [0.5, 0.6) is 0 Å². The van der Waals surface area contributed by atoms with Gasteiger partial charge in [-0.15, -0.1) is 24.0 Å². The van der Waals surface area contributed by atoms with Crippen molar-refractivity contribution in [3.05, 3.63) is 29.8 Å². The van der Waals surface area contributed by atoms with Gasteiger partial charge in [0.15, 0.2) is 5.96 Å². The van der Waals surface area contributed by atoms with Gasteiger partial charge in [0.1, 0.15) is 0 Å². The highest BCUT2D eigenvalue weighted by Gasteiger charge is 2.16. The molecule has 1 aliphatic heterocycles. The van der Waals surface area contributed by atoms with Crippen LogP contribution >= 0.6 is 24.0 Å². The molecular formula is C19H32IN5O. The van der Waals surface area contributed by atoms with Gasteiger partial charge >= 0.3 is 0 Å². The van der Waals surface area contributed by atoms with Crippen LogP contribution in [0.15, 0.2) is 29.3 Å². The summed E-state index contributed by atoms with van der Waals surface area (Å²) in [6.45, 7) is 8.74. The van der Waals surface area contributed by atoms with E-state index in [1.165, 1.54) is 19.3 Å². The molecule has 0 atom stereocenters. The fourth-order valence-corrected chi connectivity index (χ4v) is 2.77. The first-order valence-corrected chi connectivity index (χ1v) is 9.35. The standard InChI is InChI=1S/C19H31N5O.HI/c1-3-5-6-11-22-19(20-4-2)23-14-16-7-9-17(10-8-16)24-13-12-21-18(25)15-24;/h7-10H,3-6,11-15H2,1-2H3,(H,21,25)(H2,20,22,23);1H. The van der Waals surface area contributed by atoms with Crippen molar-refractivity contribution >= 4 is 41.5 Å². The number of piperazine rings is 1. The molecule has 0 bridgehead atoms. The molecule has 0 radical (unpaired) electrons. The van der Waals surface area contributed by atoms with E-state index in [0.717, 1.165) is 36.8 Å². The summed E-state index contributed by atoms with van der Waals surface area (Å²) in [5.41, 5.74) is 2.25. The van der Waals surface area contributed by atoms with E-state index >= 15 is 0 Å². The fourth-order valence-electron chi connectivity index (χ4n) is 2.77. The summed E-state index contributed by atoms with van der Waals surface area (Å²) < 4.78 is 0. The Kier molecular flexibility index (Phi) is 11.1. The lowest BCUT2D eigenvalue weighted by atomic mass is 10.2. The largest absolute Gasteiger partial charge is 0.360 e. The lowest BCUT2D eigenvalue weighted by Gasteiger charge is -2.28. The molecule has 0 aromatic heterocycles. The van der Waals surface area contributed by atoms with Gasteiger partial charge in [-0.1, -0.05) is 31.9 Å². The topological polar surface area (TPSA) is 68.8 Å². The van der Waals surface area contributed by atoms with Crippen molar-refractivity contribution < 1.29 is 4.79 Å². The number of hydrogen-bond acceptors (Lipinski definition) is 3. The number of unbranched alkanes of at least 4 members (excludes halogenated alkanes) is 2. The number of carbonyl (C=O) groups excluding carboxylic acids is 1. The van der Waals surface area contributed by atoms with E-state index in [9.17, 15) is 4.79 Å². The number of benzene rings is 1. The zero-order valence-electron chi connectivity index (χ0n) is 15.9. The number of anilines is 1. The molecule has 0 saturated carbocycles. The van der Waals surface area contributed by atoms with E-state index in [-0.39, 0.29) is 29.9 Å². The maximum atomic E-state index is 11.5. The number of hydrogen-bond donors (Lipinski definition) is 3. The van der Waals surface area contributed by atoms with Gasteiger partial charge in [0, 0.05) is 31.9 Å². The van der Waals surface area contributed by atoms with Gasteiger partial charge in [-0.3, -0.25) is 4.79 Å². The van der Waals surface area contributed by atoms with Gasteiger partial charge in [0.2, 0.25) is 5.91 Å². The summed E-state index contributed by atoms with van der Waals surface area (Å²) >= 11 is 0. The van der Waals surface area contributed by atoms with E-state index in [4.69, 9.17) is 0 Å². The fraction of sp³-hybridized carbons (Fsp3) is 0.579. The number of rotatable bonds is 8. The molecule has 0 aliphatic carbocycles. The number of carbonyl (C=O) groups is 1. The van der Waals surface area contributed by atoms with Crippen molar-refractivity contribution in [1.29, 1.82) is 0 Å². The van der Waals surface area contributed by atoms with E-state index in [1.807, 2.05) is 0 Å². The molecular weight excluding hydrogens is 441 g/mol. The molecule has 6 nitrogen and oxygen atoms in total. The second kappa shape index (κ2) is 12.8. The molecule has 7 heteroatoms. The Hall–Kier alpha value is -1.51. The highest BCUT2D eigenvalue weighted by Crippen LogP contribution is 2.16. The summed E-state index contributed by atoms with van der Waals surface area (Å²) in [4.78, 5) is 18.3. The molecule has 146 valence electrons. The van der Waals surface area contributed by atoms with Crippen LogP contribution in [0.25, 0.3) is 0 Å². The first kappa shape index (κ1) is 22.5. The molecule has 1 aliphatic rings. The average Bonchev–Trinajstić information content (AvgIpc) is 2.63. The Bertz CT molecular complexity index is 562. The number of guanidine groups is 1. The zero-order chi connectivity index (χ0) is 17.9. The summed E-state index contributed by atoms with van der Waals surface area (Å²) in [6, 6.07) is 8.33. The Balaban J connectivity index is 0.00000338. The van der Waals surface area contributed by atoms with Gasteiger partial charge in [-0.05, 0) is 31.0 Å². The summed E-state index contributed by atoms with van der Waals surface area (Å²) in [5, 5.41) is 9.51. The van der Waals surface area contributed by atoms with E-state index in [0.29, 0.717) is 19.6 Å². The molecule has 1 heterocycles. The predicted molar refractivity (Wildman–Crippen MR) is 119 cm³/mol. The highest BCUT2D eigenvalue weighted by atomic mass is 127. The van der Waals surface area contributed by atoms with Gasteiger partial charge in [-0.25, -0.2) is 4.99 Å². The van der Waals surface area contributed by atoms with Crippen LogP contribution in [0.1, 0.15) is 38.7 Å². The third-order valence-corrected chi connectivity index (χ3v) is 4.18. The lowest BCUT2D eigenvalue weighted by Crippen LogP contribution is -2.47. The quantitative estimate of drug-likeness (QED) is 0.235. The van der Waals surface area contributed by atoms with Crippen molar-refractivity contribution in [1.82, 2.24) is 16.0 Å². The van der Waals surface area contributed by atoms with Crippen molar-refractivity contribution in [2.45, 2.75) is 39.7 Å². The van der Waals surface area contributed by atoms with Crippen molar-refractivity contribution in [2.75, 3.05) is 37.6 Å². The molecule has 3 N–H and O–H groups in total. The first-order chi connectivity index (χ1) is 12.2. The van der Waals surface area contributed by atoms with Crippen LogP contribution in [0, 0.1) is 0 Å². The number of amides is 1. The average molecular weight is 473 g/mol. The molecule has 0 unspecified atom stereocenters. The van der Waals surface area contributed by atoms with Crippen molar-refractivity contribution in [2.24, 2.45) is 4.99 Å². The Morgan fingerprint density at radius 3 is 2.62 bits per heavy atom. The van der Waals surface area contributed by atoms with Crippen LogP contribution in [-0.4, -0.2) is 44.6 Å². The first-order valence-electron chi connectivity index (χ1n) is 9.35. The normalized spacial score (nSPS) is 14.5. The SMILES string of the molecule is CCCCCNC(=NCc1ccc(N2CCNC(=O)C2)cc1)NCC.I. The van der Waals surface area contributed by atoms with Crippen molar-refractivity contribution in [3.8, 4) is 0 Å². The molecule has 0 spiro atoms. The van der Waals surface area contributed by atoms with Crippen molar-refractivity contribution in [3.63, 3.8) is 0 Å². The smallest absolute Gasteiger partial charge is 0.239 e. The van der Waals surface area contributed by atoms with Gasteiger partial charge in [0.05, 0.1) is 13.1 Å². The molecule has 1 saturated heterocycles. The van der Waals surface area contributed by atoms with Crippen LogP contribution in [-0.2, 0) is 11.3 Å². The van der Waals surface area contributed by atoms with E-state index < -0.39 is 0 Å². The van der Waals surface area contributed by atoms with Crippen LogP contribution in [0.3, 0.4) is 0 Å². The van der Waals surface area contributed by atoms with E-state index in [1.54, 1.807) is 0 Å². The molecule has 2 rings (SSSR count). The van der Waals surface area contributed by atoms with Gasteiger partial charge in [0.25, 0.3) is 0 Å². The zero-order valence-corrected chi connectivity index (χ0v) is 18.2. The number of nitrogens with zero attached hydrogens (tertiary/aromatic N) is 2. The summed E-state index contributed by atoms with van der Waals surface area (Å²) in [6.07, 6.45) is 3.63. The Morgan fingerprint density at radius 2 is 1.96 bits per heavy atom. The van der Waals surface area contributed by atoms with E-state index in [2.05, 4.69) is 64.0 Å². The minimum atomic E-state index is 0. The third kappa shape index (κ3) is 7.80. The van der Waals surface area contributed by atoms with Crippen LogP contribution in [0.2, 0.25) is 0 Å². The van der Waals surface area contributed by atoms with Gasteiger partial charge < -0.3 is 20.9 Å². The maximum absolute atomic E-state index is 11.5. The van der Waals surface area contributed by atoms with Gasteiger partial charge in [-0.2, -0.15) is 0 Å². The molecule has 1 aromatic carbocycles. The minimum absolute atomic E-state index is 0. The molecule has 26 heavy (non-hydrogen) atoms. The lowest BCUT2D eigenvalue weighted by molar-refractivity contribution is -0.120. The van der Waals surface area contributed by atoms with Crippen LogP contribution in [0.4, 0.5) is 5.69 Å². The monoisotopic (exact) mass is 473 g/mol. The highest BCUT2D eigenvalue weighted by molar-refractivity contribution is 14.0. The predicted octanol–water partition coefficient (Wildman–Crippen LogP) is 2.49. The molecule has 1 fully saturated rings. The number of aliphatic imine (C=N–C) groups is 1. The summed E-state index contributed by atoms with van der Waals surface area (Å²) in [5.74, 6) is 0.958. The molecule has 1 aromatic rings. The Morgan fingerprint density at radius 1 is 1.19 bits per heavy atom. The maximum Gasteiger partial charge on any atom is 0.239 e. The van der Waals surface area contributed by atoms with Crippen LogP contribution < -0.4 is 20.9 Å². The number of nitrogens with one attached hydrogen (secondary N) is 3. The third-order valence-electron chi connectivity index (χ3n) is 4.18. The minimum Gasteiger partial charge on any atom is -0.360 e. The second-order valence-electron chi connectivity index (χ2n) is 6.27. The Labute approximate surface area is 174 Å². The number of halogens is 1. The summed E-state index contributed by atoms with van der Waals surface area (Å²) in [7, 11) is 0. The molecule has 1 amide bonds. The second-order valence-corrected chi connectivity index (χ2v) is 6.27.